The molecule has 1 atom stereocenters. The zero-order chi connectivity index (χ0) is 22.7. The number of amides is 2. The highest BCUT2D eigenvalue weighted by Gasteiger charge is 2.68. The van der Waals surface area contributed by atoms with Crippen molar-refractivity contribution >= 4 is 11.8 Å². The number of carbonyl (C=O) groups excluding carboxylic acids is 2. The Balaban J connectivity index is 1.19. The molecule has 9 aliphatic rings. The molecule has 0 aromatic carbocycles. The number of hydrogen-bond donors (Lipinski definition) is 1. The van der Waals surface area contributed by atoms with Crippen molar-refractivity contribution in [1.29, 1.82) is 0 Å². The maximum Gasteiger partial charge on any atom is 0.251 e. The molecule has 1 saturated heterocycles. The summed E-state index contributed by atoms with van der Waals surface area (Å²) in [4.78, 5) is 34.6. The standard InChI is InChI=1S/C29H37N3O2/c33-25-16-29(24-2-1-3-30-17-24,32(25)28-13-21-7-22(14-28)9-23(8-21)15-28)26(34)31-27-10-18-4-19(11-27)6-20(5-18)12-27/h1-3,17-23H,4-16H2,(H,31,34). The molecular formula is C29H37N3O2. The van der Waals surface area contributed by atoms with Gasteiger partial charge < -0.3 is 10.2 Å². The molecule has 2 heterocycles. The van der Waals surface area contributed by atoms with Crippen LogP contribution >= 0.6 is 0 Å². The van der Waals surface area contributed by atoms with Crippen molar-refractivity contribution in [2.75, 3.05) is 0 Å². The monoisotopic (exact) mass is 459 g/mol. The minimum absolute atomic E-state index is 0.0488. The second kappa shape index (κ2) is 6.64. The molecule has 34 heavy (non-hydrogen) atoms. The highest BCUT2D eigenvalue weighted by atomic mass is 16.2. The number of aromatic nitrogens is 1. The number of β-lactam (4-membered cyclic amide) rings is 1. The van der Waals surface area contributed by atoms with Crippen LogP contribution in [0.4, 0.5) is 0 Å². The molecule has 1 aromatic heterocycles. The molecule has 8 saturated carbocycles. The fourth-order valence-electron chi connectivity index (χ4n) is 11.3. The number of hydrogen-bond acceptors (Lipinski definition) is 3. The molecule has 1 unspecified atom stereocenters. The lowest BCUT2D eigenvalue weighted by molar-refractivity contribution is -0.201. The van der Waals surface area contributed by atoms with E-state index in [9.17, 15) is 9.59 Å². The maximum absolute atomic E-state index is 14.5. The van der Waals surface area contributed by atoms with Gasteiger partial charge in [0.1, 0.15) is 0 Å². The van der Waals surface area contributed by atoms with Crippen molar-refractivity contribution in [1.82, 2.24) is 15.2 Å². The van der Waals surface area contributed by atoms with Crippen molar-refractivity contribution in [3.8, 4) is 0 Å². The highest BCUT2D eigenvalue weighted by molar-refractivity contribution is 6.03. The topological polar surface area (TPSA) is 62.3 Å². The van der Waals surface area contributed by atoms with Crippen LogP contribution in [0.1, 0.15) is 89.0 Å². The average Bonchev–Trinajstić information content (AvgIpc) is 2.75. The van der Waals surface area contributed by atoms with E-state index < -0.39 is 5.54 Å². The Morgan fingerprint density at radius 3 is 1.85 bits per heavy atom. The molecule has 5 heteroatoms. The van der Waals surface area contributed by atoms with E-state index in [1.807, 2.05) is 18.3 Å². The van der Waals surface area contributed by atoms with Gasteiger partial charge in [-0.25, -0.2) is 0 Å². The van der Waals surface area contributed by atoms with E-state index in [1.165, 1.54) is 38.5 Å². The minimum atomic E-state index is -0.875. The van der Waals surface area contributed by atoms with Gasteiger partial charge in [-0.1, -0.05) is 6.07 Å². The van der Waals surface area contributed by atoms with Gasteiger partial charge in [-0.2, -0.15) is 0 Å². The summed E-state index contributed by atoms with van der Waals surface area (Å²) in [7, 11) is 0. The van der Waals surface area contributed by atoms with E-state index in [0.29, 0.717) is 6.42 Å². The number of carbonyl (C=O) groups is 2. The largest absolute Gasteiger partial charge is 0.348 e. The van der Waals surface area contributed by atoms with Gasteiger partial charge in [0.2, 0.25) is 5.91 Å². The lowest BCUT2D eigenvalue weighted by atomic mass is 9.50. The summed E-state index contributed by atoms with van der Waals surface area (Å²) in [5.74, 6) is 4.83. The van der Waals surface area contributed by atoms with Crippen LogP contribution in [0.15, 0.2) is 24.5 Å². The summed E-state index contributed by atoms with van der Waals surface area (Å²) >= 11 is 0. The molecule has 1 aliphatic heterocycles. The van der Waals surface area contributed by atoms with Crippen LogP contribution in [0.2, 0.25) is 0 Å². The van der Waals surface area contributed by atoms with Gasteiger partial charge in [0.25, 0.3) is 5.91 Å². The van der Waals surface area contributed by atoms with Gasteiger partial charge in [0, 0.05) is 29.0 Å². The summed E-state index contributed by atoms with van der Waals surface area (Å²) in [5.41, 5.74) is -0.126. The summed E-state index contributed by atoms with van der Waals surface area (Å²) in [6, 6.07) is 3.99. The normalized spacial score (nSPS) is 49.9. The first-order valence-electron chi connectivity index (χ1n) is 14.0. The predicted octanol–water partition coefficient (Wildman–Crippen LogP) is 4.56. The molecule has 10 rings (SSSR count). The Labute approximate surface area is 202 Å². The van der Waals surface area contributed by atoms with Crippen LogP contribution in [-0.4, -0.2) is 32.8 Å². The molecule has 2 amide bonds. The van der Waals surface area contributed by atoms with E-state index in [0.717, 1.165) is 79.6 Å². The predicted molar refractivity (Wildman–Crippen MR) is 127 cm³/mol. The van der Waals surface area contributed by atoms with Crippen LogP contribution < -0.4 is 5.32 Å². The van der Waals surface area contributed by atoms with Gasteiger partial charge in [0.05, 0.1) is 6.42 Å². The van der Waals surface area contributed by atoms with E-state index >= 15 is 0 Å². The third kappa shape index (κ3) is 2.65. The fraction of sp³-hybridized carbons (Fsp3) is 0.759. The molecular weight excluding hydrogens is 422 g/mol. The molecule has 0 spiro atoms. The lowest BCUT2D eigenvalue weighted by Crippen LogP contribution is -2.78. The Bertz CT molecular complexity index is 980. The molecule has 0 radical (unpaired) electrons. The Morgan fingerprint density at radius 2 is 1.38 bits per heavy atom. The van der Waals surface area contributed by atoms with Gasteiger partial charge in [0.15, 0.2) is 5.54 Å². The van der Waals surface area contributed by atoms with Crippen LogP contribution in [0.25, 0.3) is 0 Å². The number of nitrogens with one attached hydrogen (secondary N) is 1. The Morgan fingerprint density at radius 1 is 0.853 bits per heavy atom. The SMILES string of the molecule is O=C1CC(C(=O)NC23CC4CC(CC(C4)C2)C3)(c2cccnc2)N1C12CC3CC(CC(C3)C1)C2. The maximum atomic E-state index is 14.5. The number of likely N-dealkylation sites (tertiary alicyclic amines) is 1. The first kappa shape index (κ1) is 20.3. The zero-order valence-electron chi connectivity index (χ0n) is 20.2. The summed E-state index contributed by atoms with van der Waals surface area (Å²) in [5, 5.41) is 3.69. The molecule has 1 N–H and O–H groups in total. The van der Waals surface area contributed by atoms with Gasteiger partial charge >= 0.3 is 0 Å². The Kier molecular flexibility index (Phi) is 3.97. The van der Waals surface area contributed by atoms with Crippen LogP contribution in [0.5, 0.6) is 0 Å². The number of rotatable bonds is 4. The van der Waals surface area contributed by atoms with Crippen LogP contribution in [-0.2, 0) is 15.1 Å². The molecule has 9 fully saturated rings. The number of nitrogens with zero attached hydrogens (tertiary/aromatic N) is 2. The summed E-state index contributed by atoms with van der Waals surface area (Å²) in [6.45, 7) is 0. The van der Waals surface area contributed by atoms with Gasteiger partial charge in [-0.15, -0.1) is 0 Å². The van der Waals surface area contributed by atoms with Crippen molar-refractivity contribution in [2.24, 2.45) is 35.5 Å². The number of pyridine rings is 1. The van der Waals surface area contributed by atoms with E-state index in [2.05, 4.69) is 15.2 Å². The lowest BCUT2D eigenvalue weighted by Gasteiger charge is -2.67. The first-order valence-corrected chi connectivity index (χ1v) is 14.0. The van der Waals surface area contributed by atoms with Gasteiger partial charge in [-0.05, 0) is 119 Å². The van der Waals surface area contributed by atoms with Crippen molar-refractivity contribution in [2.45, 2.75) is 100 Å². The summed E-state index contributed by atoms with van der Waals surface area (Å²) in [6.07, 6.45) is 18.7. The third-order valence-electron chi connectivity index (χ3n) is 11.5. The third-order valence-corrected chi connectivity index (χ3v) is 11.5. The smallest absolute Gasteiger partial charge is 0.251 e. The first-order chi connectivity index (χ1) is 16.5. The molecule has 1 aromatic rings. The summed E-state index contributed by atoms with van der Waals surface area (Å²) < 4.78 is 0. The van der Waals surface area contributed by atoms with Gasteiger partial charge in [-0.3, -0.25) is 14.6 Å². The van der Waals surface area contributed by atoms with E-state index in [1.54, 1.807) is 6.20 Å². The molecule has 5 nitrogen and oxygen atoms in total. The van der Waals surface area contributed by atoms with Crippen molar-refractivity contribution in [3.05, 3.63) is 30.1 Å². The highest BCUT2D eigenvalue weighted by Crippen LogP contribution is 2.63. The van der Waals surface area contributed by atoms with Crippen molar-refractivity contribution < 1.29 is 9.59 Å². The fourth-order valence-corrected chi connectivity index (χ4v) is 11.3. The van der Waals surface area contributed by atoms with Crippen LogP contribution in [0, 0.1) is 35.5 Å². The molecule has 180 valence electrons. The second-order valence-electron chi connectivity index (χ2n) is 13.8. The minimum Gasteiger partial charge on any atom is -0.348 e. The molecule has 8 aliphatic carbocycles. The van der Waals surface area contributed by atoms with E-state index in [-0.39, 0.29) is 22.9 Å². The second-order valence-corrected chi connectivity index (χ2v) is 13.8. The van der Waals surface area contributed by atoms with E-state index in [4.69, 9.17) is 0 Å². The zero-order valence-corrected chi connectivity index (χ0v) is 20.2. The average molecular weight is 460 g/mol. The Hall–Kier alpha value is -1.91. The molecule has 8 bridgehead atoms. The van der Waals surface area contributed by atoms with Crippen LogP contribution in [0.3, 0.4) is 0 Å². The quantitative estimate of drug-likeness (QED) is 0.672. The van der Waals surface area contributed by atoms with Crippen molar-refractivity contribution in [3.63, 3.8) is 0 Å².